The molecule has 6 heteroatoms. The van der Waals surface area contributed by atoms with Crippen LogP contribution in [-0.4, -0.2) is 71.2 Å². The number of amides is 1. The van der Waals surface area contributed by atoms with Crippen molar-refractivity contribution in [1.29, 1.82) is 0 Å². The maximum atomic E-state index is 13.0. The second-order valence-corrected chi connectivity index (χ2v) is 9.30. The molecule has 182 valence electrons. The van der Waals surface area contributed by atoms with E-state index in [1.165, 1.54) is 0 Å². The van der Waals surface area contributed by atoms with Crippen molar-refractivity contribution in [1.82, 2.24) is 9.80 Å². The first-order chi connectivity index (χ1) is 15.0. The Labute approximate surface area is 195 Å². The summed E-state index contributed by atoms with van der Waals surface area (Å²) in [4.78, 5) is 29.9. The van der Waals surface area contributed by atoms with Gasteiger partial charge in [0.2, 0.25) is 5.91 Å². The summed E-state index contributed by atoms with van der Waals surface area (Å²) in [6.45, 7) is 23.1. The molecule has 0 aromatic heterocycles. The third kappa shape index (κ3) is 7.31. The zero-order valence-electron chi connectivity index (χ0n) is 21.2. The Kier molecular flexibility index (Phi) is 11.4. The van der Waals surface area contributed by atoms with Crippen molar-refractivity contribution >= 4 is 11.9 Å². The van der Waals surface area contributed by atoms with Crippen LogP contribution in [-0.2, 0) is 19.1 Å². The molecular formula is C26H44N2O4. The third-order valence-corrected chi connectivity index (χ3v) is 5.88. The van der Waals surface area contributed by atoms with E-state index in [-0.39, 0.29) is 30.1 Å². The summed E-state index contributed by atoms with van der Waals surface area (Å²) in [6.07, 6.45) is 7.34. The molecule has 0 aliphatic heterocycles. The minimum atomic E-state index is -0.432. The number of rotatable bonds is 12. The molecule has 3 atom stereocenters. The molecule has 0 N–H and O–H groups in total. The topological polar surface area (TPSA) is 59.1 Å². The van der Waals surface area contributed by atoms with Crippen molar-refractivity contribution in [2.45, 2.75) is 97.6 Å². The summed E-state index contributed by atoms with van der Waals surface area (Å²) in [5.74, 6) is -0.341. The zero-order valence-corrected chi connectivity index (χ0v) is 21.2. The SMILES string of the molecule is C=CCN(CC=C)[C@H]1CC(C(=O)OCC)=C[C@H](OC(CC)CC)[C@H]1N(C(C)=O)C(C)(C)C. The van der Waals surface area contributed by atoms with Crippen LogP contribution in [0, 0.1) is 0 Å². The smallest absolute Gasteiger partial charge is 0.333 e. The van der Waals surface area contributed by atoms with Gasteiger partial charge in [0.1, 0.15) is 0 Å². The zero-order chi connectivity index (χ0) is 24.5. The molecule has 0 saturated heterocycles. The van der Waals surface area contributed by atoms with E-state index >= 15 is 0 Å². The van der Waals surface area contributed by atoms with Crippen LogP contribution in [0.3, 0.4) is 0 Å². The molecule has 0 unspecified atom stereocenters. The molecule has 1 aliphatic carbocycles. The first-order valence-corrected chi connectivity index (χ1v) is 11.8. The van der Waals surface area contributed by atoms with Crippen LogP contribution in [0.5, 0.6) is 0 Å². The summed E-state index contributed by atoms with van der Waals surface area (Å²) >= 11 is 0. The van der Waals surface area contributed by atoms with Gasteiger partial charge in [0.25, 0.3) is 0 Å². The average molecular weight is 449 g/mol. The average Bonchev–Trinajstić information content (AvgIpc) is 2.71. The van der Waals surface area contributed by atoms with E-state index in [0.717, 1.165) is 12.8 Å². The lowest BCUT2D eigenvalue weighted by molar-refractivity contribution is -0.149. The maximum absolute atomic E-state index is 13.0. The molecule has 0 radical (unpaired) electrons. The van der Waals surface area contributed by atoms with E-state index in [1.807, 2.05) is 43.9 Å². The first-order valence-electron chi connectivity index (χ1n) is 11.8. The number of carbonyl (C=O) groups excluding carboxylic acids is 2. The fourth-order valence-corrected chi connectivity index (χ4v) is 4.60. The highest BCUT2D eigenvalue weighted by Crippen LogP contribution is 2.34. The van der Waals surface area contributed by atoms with Crippen LogP contribution >= 0.6 is 0 Å². The lowest BCUT2D eigenvalue weighted by Gasteiger charge is -2.51. The van der Waals surface area contributed by atoms with Crippen LogP contribution in [0.15, 0.2) is 37.0 Å². The number of ether oxygens (including phenoxy) is 2. The Bertz CT molecular complexity index is 666. The Morgan fingerprint density at radius 1 is 1.16 bits per heavy atom. The highest BCUT2D eigenvalue weighted by Gasteiger charge is 2.46. The molecular weight excluding hydrogens is 404 g/mol. The molecule has 0 aromatic carbocycles. The van der Waals surface area contributed by atoms with Gasteiger partial charge in [-0.15, -0.1) is 13.2 Å². The fraction of sp³-hybridized carbons (Fsp3) is 0.692. The standard InChI is InChI=1S/C26H44N2O4/c1-10-15-27(16-11-2)22-17-20(25(30)31-14-5)18-23(32-21(12-3)13-4)24(22)28(19(6)29)26(7,8)9/h10-11,18,21-24H,1-2,12-17H2,3-9H3/t22-,23-,24-/m0/s1. The van der Waals surface area contributed by atoms with E-state index in [1.54, 1.807) is 13.8 Å². The van der Waals surface area contributed by atoms with Gasteiger partial charge in [-0.3, -0.25) is 9.69 Å². The Hall–Kier alpha value is -1.92. The third-order valence-electron chi connectivity index (χ3n) is 5.88. The van der Waals surface area contributed by atoms with E-state index in [0.29, 0.717) is 31.7 Å². The van der Waals surface area contributed by atoms with Crippen LogP contribution in [0.2, 0.25) is 0 Å². The Morgan fingerprint density at radius 2 is 1.72 bits per heavy atom. The van der Waals surface area contributed by atoms with E-state index in [4.69, 9.17) is 9.47 Å². The molecule has 0 saturated carbocycles. The van der Waals surface area contributed by atoms with Crippen LogP contribution in [0.4, 0.5) is 0 Å². The highest BCUT2D eigenvalue weighted by atomic mass is 16.5. The minimum absolute atomic E-state index is 0.0178. The molecule has 1 aliphatic rings. The second kappa shape index (κ2) is 12.9. The highest BCUT2D eigenvalue weighted by molar-refractivity contribution is 5.89. The van der Waals surface area contributed by atoms with Gasteiger partial charge in [-0.2, -0.15) is 0 Å². The maximum Gasteiger partial charge on any atom is 0.333 e. The Morgan fingerprint density at radius 3 is 2.12 bits per heavy atom. The first kappa shape index (κ1) is 28.1. The fourth-order valence-electron chi connectivity index (χ4n) is 4.60. The van der Waals surface area contributed by atoms with E-state index < -0.39 is 11.6 Å². The summed E-state index contributed by atoms with van der Waals surface area (Å²) in [5.41, 5.74) is 0.174. The number of hydrogen-bond donors (Lipinski definition) is 0. The Balaban J connectivity index is 3.69. The van der Waals surface area contributed by atoms with Crippen molar-refractivity contribution < 1.29 is 19.1 Å². The van der Waals surface area contributed by atoms with Crippen molar-refractivity contribution in [2.24, 2.45) is 0 Å². The molecule has 0 bridgehead atoms. The summed E-state index contributed by atoms with van der Waals surface area (Å²) in [6, 6.07) is -0.427. The van der Waals surface area contributed by atoms with Crippen LogP contribution in [0.1, 0.15) is 67.7 Å². The number of carbonyl (C=O) groups is 2. The van der Waals surface area contributed by atoms with Crippen molar-refractivity contribution in [3.05, 3.63) is 37.0 Å². The number of esters is 1. The predicted octanol–water partition coefficient (Wildman–Crippen LogP) is 4.51. The molecule has 0 fully saturated rings. The monoisotopic (exact) mass is 448 g/mol. The van der Waals surface area contributed by atoms with Crippen molar-refractivity contribution in [3.8, 4) is 0 Å². The summed E-state index contributed by atoms with van der Waals surface area (Å²) in [5, 5.41) is 0. The molecule has 1 rings (SSSR count). The lowest BCUT2D eigenvalue weighted by atomic mass is 9.83. The van der Waals surface area contributed by atoms with Gasteiger partial charge in [0.15, 0.2) is 0 Å². The van der Waals surface area contributed by atoms with Gasteiger partial charge in [0, 0.05) is 37.2 Å². The lowest BCUT2D eigenvalue weighted by Crippen LogP contribution is -2.65. The normalized spacial score (nSPS) is 21.3. The second-order valence-electron chi connectivity index (χ2n) is 9.30. The quantitative estimate of drug-likeness (QED) is 0.325. The van der Waals surface area contributed by atoms with Gasteiger partial charge in [-0.25, -0.2) is 4.79 Å². The summed E-state index contributed by atoms with van der Waals surface area (Å²) in [7, 11) is 0. The number of hydrogen-bond acceptors (Lipinski definition) is 5. The van der Waals surface area contributed by atoms with E-state index in [2.05, 4.69) is 31.9 Å². The van der Waals surface area contributed by atoms with Gasteiger partial charge in [0.05, 0.1) is 24.9 Å². The van der Waals surface area contributed by atoms with Gasteiger partial charge in [-0.1, -0.05) is 26.0 Å². The van der Waals surface area contributed by atoms with Crippen LogP contribution < -0.4 is 0 Å². The van der Waals surface area contributed by atoms with Crippen molar-refractivity contribution in [2.75, 3.05) is 19.7 Å². The van der Waals surface area contributed by atoms with Gasteiger partial charge in [-0.05, 0) is 53.0 Å². The van der Waals surface area contributed by atoms with E-state index in [9.17, 15) is 9.59 Å². The predicted molar refractivity (Wildman–Crippen MR) is 130 cm³/mol. The largest absolute Gasteiger partial charge is 0.463 e. The van der Waals surface area contributed by atoms with Crippen LogP contribution in [0.25, 0.3) is 0 Å². The molecule has 0 heterocycles. The minimum Gasteiger partial charge on any atom is -0.463 e. The molecule has 1 amide bonds. The molecule has 0 aromatic rings. The summed E-state index contributed by atoms with van der Waals surface area (Å²) < 4.78 is 11.9. The molecule has 0 spiro atoms. The molecule has 32 heavy (non-hydrogen) atoms. The number of nitrogens with zero attached hydrogens (tertiary/aromatic N) is 2. The van der Waals surface area contributed by atoms with Crippen molar-refractivity contribution in [3.63, 3.8) is 0 Å². The van der Waals surface area contributed by atoms with Gasteiger partial charge < -0.3 is 14.4 Å². The van der Waals surface area contributed by atoms with Gasteiger partial charge >= 0.3 is 5.97 Å². The molecule has 6 nitrogen and oxygen atoms in total.